The Balaban J connectivity index is 1.61. The summed E-state index contributed by atoms with van der Waals surface area (Å²) in [6.45, 7) is 1.71. The first-order valence-electron chi connectivity index (χ1n) is 7.60. The van der Waals surface area contributed by atoms with Gasteiger partial charge in [0, 0.05) is 12.7 Å². The summed E-state index contributed by atoms with van der Waals surface area (Å²) in [5, 5.41) is 0. The van der Waals surface area contributed by atoms with Crippen molar-refractivity contribution < 1.29 is 17.9 Å². The maximum absolute atomic E-state index is 10.8. The van der Waals surface area contributed by atoms with Crippen LogP contribution in [-0.4, -0.2) is 30.3 Å². The molecular formula is C18H22O4S. The molecule has 0 fully saturated rings. The van der Waals surface area contributed by atoms with Gasteiger partial charge < -0.3 is 9.47 Å². The van der Waals surface area contributed by atoms with Gasteiger partial charge in [-0.1, -0.05) is 30.3 Å². The highest BCUT2D eigenvalue weighted by Crippen LogP contribution is 2.13. The van der Waals surface area contributed by atoms with Crippen LogP contribution in [0.3, 0.4) is 0 Å². The van der Waals surface area contributed by atoms with Crippen LogP contribution in [0.15, 0.2) is 54.6 Å². The number of benzene rings is 2. The van der Waals surface area contributed by atoms with Crippen LogP contribution in [0.1, 0.15) is 12.0 Å². The maximum Gasteiger partial charge on any atom is 0.152 e. The van der Waals surface area contributed by atoms with Crippen molar-refractivity contribution in [3.8, 4) is 11.5 Å². The van der Waals surface area contributed by atoms with Gasteiger partial charge in [0.1, 0.15) is 11.5 Å². The van der Waals surface area contributed by atoms with Gasteiger partial charge in [0.05, 0.1) is 19.8 Å². The van der Waals surface area contributed by atoms with Crippen molar-refractivity contribution in [2.24, 2.45) is 0 Å². The number of hydrogen-bond donors (Lipinski definition) is 0. The lowest BCUT2D eigenvalue weighted by Gasteiger charge is -2.08. The Kier molecular flexibility index (Phi) is 7.63. The molecule has 0 N–H and O–H groups in total. The average Bonchev–Trinajstić information content (AvgIpc) is 2.56. The molecule has 23 heavy (non-hydrogen) atoms. The molecule has 0 amide bonds. The van der Waals surface area contributed by atoms with E-state index < -0.39 is 11.1 Å². The Labute approximate surface area is 140 Å². The minimum absolute atomic E-state index is 0.458. The van der Waals surface area contributed by atoms with Crippen LogP contribution in [0, 0.1) is 0 Å². The second-order valence-electron chi connectivity index (χ2n) is 4.98. The molecule has 2 aromatic rings. The van der Waals surface area contributed by atoms with Gasteiger partial charge in [-0.3, -0.25) is 4.18 Å². The lowest BCUT2D eigenvalue weighted by Crippen LogP contribution is -2.05. The summed E-state index contributed by atoms with van der Waals surface area (Å²) in [6.07, 6.45) is 3.09. The van der Waals surface area contributed by atoms with E-state index in [0.29, 0.717) is 19.8 Å². The molecule has 0 bridgehead atoms. The van der Waals surface area contributed by atoms with Crippen molar-refractivity contribution in [1.29, 1.82) is 0 Å². The summed E-state index contributed by atoms with van der Waals surface area (Å²) < 4.78 is 27.1. The number of rotatable bonds is 10. The molecule has 0 saturated carbocycles. The molecule has 2 rings (SSSR count). The van der Waals surface area contributed by atoms with Gasteiger partial charge in [0.25, 0.3) is 0 Å². The zero-order chi connectivity index (χ0) is 16.3. The highest BCUT2D eigenvalue weighted by atomic mass is 32.2. The summed E-state index contributed by atoms with van der Waals surface area (Å²) in [4.78, 5) is 0. The van der Waals surface area contributed by atoms with Gasteiger partial charge in [-0.05, 0) is 36.2 Å². The summed E-state index contributed by atoms with van der Waals surface area (Å²) in [7, 11) is 0. The van der Waals surface area contributed by atoms with E-state index >= 15 is 0 Å². The average molecular weight is 334 g/mol. The Bertz CT molecular complexity index is 584. The molecule has 0 saturated heterocycles. The van der Waals surface area contributed by atoms with Crippen molar-refractivity contribution >= 4 is 11.1 Å². The van der Waals surface area contributed by atoms with Crippen LogP contribution in [0.4, 0.5) is 0 Å². The molecule has 1 unspecified atom stereocenters. The van der Waals surface area contributed by atoms with Crippen molar-refractivity contribution in [2.45, 2.75) is 12.8 Å². The number of ether oxygens (including phenoxy) is 2. The molecule has 0 aliphatic rings. The van der Waals surface area contributed by atoms with E-state index in [4.69, 9.17) is 13.7 Å². The number of para-hydroxylation sites is 1. The molecular weight excluding hydrogens is 312 g/mol. The predicted octanol–water partition coefficient (Wildman–Crippen LogP) is 3.39. The molecule has 1 atom stereocenters. The molecule has 0 heterocycles. The lowest BCUT2D eigenvalue weighted by atomic mass is 10.1. The Morgan fingerprint density at radius 2 is 1.43 bits per heavy atom. The third kappa shape index (κ3) is 7.30. The molecule has 124 valence electrons. The highest BCUT2D eigenvalue weighted by Gasteiger charge is 1.98. The second-order valence-corrected chi connectivity index (χ2v) is 6.02. The zero-order valence-electron chi connectivity index (χ0n) is 13.3. The van der Waals surface area contributed by atoms with Crippen molar-refractivity contribution in [3.05, 3.63) is 60.2 Å². The second kappa shape index (κ2) is 10.0. The van der Waals surface area contributed by atoms with Crippen LogP contribution >= 0.6 is 0 Å². The first kappa shape index (κ1) is 17.5. The third-order valence-electron chi connectivity index (χ3n) is 3.13. The van der Waals surface area contributed by atoms with E-state index in [0.717, 1.165) is 29.9 Å². The van der Waals surface area contributed by atoms with Gasteiger partial charge in [-0.25, -0.2) is 4.21 Å². The minimum atomic E-state index is -1.20. The highest BCUT2D eigenvalue weighted by molar-refractivity contribution is 7.79. The standard InChI is InChI=1S/C18H22O4S/c1-23(19)22-15-12-16-8-10-18(11-9-16)21-14-5-13-20-17-6-3-2-4-7-17/h2-4,6-11H,5,12-15H2,1H3. The van der Waals surface area contributed by atoms with Gasteiger partial charge in [-0.2, -0.15) is 0 Å². The van der Waals surface area contributed by atoms with Crippen LogP contribution < -0.4 is 9.47 Å². The smallest absolute Gasteiger partial charge is 0.152 e. The predicted molar refractivity (Wildman–Crippen MR) is 92.2 cm³/mol. The molecule has 0 radical (unpaired) electrons. The molecule has 2 aromatic carbocycles. The summed E-state index contributed by atoms with van der Waals surface area (Å²) in [5.74, 6) is 1.72. The van der Waals surface area contributed by atoms with Crippen molar-refractivity contribution in [2.75, 3.05) is 26.1 Å². The van der Waals surface area contributed by atoms with E-state index in [1.165, 1.54) is 6.26 Å². The first-order valence-corrected chi connectivity index (χ1v) is 9.08. The molecule has 0 spiro atoms. The molecule has 5 heteroatoms. The summed E-state index contributed by atoms with van der Waals surface area (Å²) in [6, 6.07) is 17.6. The van der Waals surface area contributed by atoms with Crippen LogP contribution in [0.5, 0.6) is 11.5 Å². The molecule has 0 aliphatic carbocycles. The normalized spacial score (nSPS) is 11.9. The lowest BCUT2D eigenvalue weighted by molar-refractivity contribution is 0.247. The van der Waals surface area contributed by atoms with Crippen molar-refractivity contribution in [3.63, 3.8) is 0 Å². The van der Waals surface area contributed by atoms with E-state index in [2.05, 4.69) is 0 Å². The summed E-state index contributed by atoms with van der Waals surface area (Å²) >= 11 is -1.20. The van der Waals surface area contributed by atoms with Crippen LogP contribution in [0.25, 0.3) is 0 Å². The van der Waals surface area contributed by atoms with Crippen LogP contribution in [-0.2, 0) is 21.7 Å². The van der Waals surface area contributed by atoms with E-state index in [1.54, 1.807) is 0 Å². The Hall–Kier alpha value is -1.85. The fourth-order valence-electron chi connectivity index (χ4n) is 1.98. The first-order chi connectivity index (χ1) is 11.2. The van der Waals surface area contributed by atoms with E-state index in [-0.39, 0.29) is 0 Å². The largest absolute Gasteiger partial charge is 0.493 e. The van der Waals surface area contributed by atoms with Crippen molar-refractivity contribution in [1.82, 2.24) is 0 Å². The topological polar surface area (TPSA) is 44.8 Å². The van der Waals surface area contributed by atoms with Crippen LogP contribution in [0.2, 0.25) is 0 Å². The molecule has 0 aliphatic heterocycles. The minimum Gasteiger partial charge on any atom is -0.493 e. The fourth-order valence-corrected chi connectivity index (χ4v) is 2.30. The quantitative estimate of drug-likeness (QED) is 0.625. The van der Waals surface area contributed by atoms with Gasteiger partial charge in [0.2, 0.25) is 0 Å². The summed E-state index contributed by atoms with van der Waals surface area (Å²) in [5.41, 5.74) is 1.13. The molecule has 4 nitrogen and oxygen atoms in total. The fraction of sp³-hybridized carbons (Fsp3) is 0.333. The Morgan fingerprint density at radius 1 is 0.826 bits per heavy atom. The van der Waals surface area contributed by atoms with E-state index in [1.807, 2.05) is 54.6 Å². The molecule has 0 aromatic heterocycles. The zero-order valence-corrected chi connectivity index (χ0v) is 14.1. The maximum atomic E-state index is 10.8. The van der Waals surface area contributed by atoms with Gasteiger partial charge >= 0.3 is 0 Å². The van der Waals surface area contributed by atoms with E-state index in [9.17, 15) is 4.21 Å². The monoisotopic (exact) mass is 334 g/mol. The third-order valence-corrected chi connectivity index (χ3v) is 3.63. The number of hydrogen-bond acceptors (Lipinski definition) is 4. The van der Waals surface area contributed by atoms with Gasteiger partial charge in [0.15, 0.2) is 11.1 Å². The SMILES string of the molecule is CS(=O)OCCc1ccc(OCCCOc2ccccc2)cc1. The van der Waals surface area contributed by atoms with Gasteiger partial charge in [-0.15, -0.1) is 0 Å². The Morgan fingerprint density at radius 3 is 2.04 bits per heavy atom.